The van der Waals surface area contributed by atoms with Gasteiger partial charge in [-0.25, -0.2) is 9.50 Å². The van der Waals surface area contributed by atoms with E-state index in [4.69, 9.17) is 14.6 Å². The zero-order chi connectivity index (χ0) is 20.7. The van der Waals surface area contributed by atoms with E-state index in [1.807, 2.05) is 22.8 Å². The zero-order valence-electron chi connectivity index (χ0n) is 17.2. The van der Waals surface area contributed by atoms with Crippen LogP contribution < -0.4 is 5.32 Å². The molecule has 1 fully saturated rings. The number of nitrogens with one attached hydrogen (secondary N) is 1. The topological polar surface area (TPSA) is 80.9 Å². The molecule has 0 spiro atoms. The van der Waals surface area contributed by atoms with Crippen molar-refractivity contribution in [3.63, 3.8) is 0 Å². The molecular weight excluding hydrogens is 400 g/mol. The smallest absolute Gasteiger partial charge is 0.154 e. The van der Waals surface area contributed by atoms with Crippen LogP contribution in [0.3, 0.4) is 0 Å². The Bertz CT molecular complexity index is 1080. The third-order valence-electron chi connectivity index (χ3n) is 6.01. The van der Waals surface area contributed by atoms with Crippen LogP contribution in [0.15, 0.2) is 30.2 Å². The van der Waals surface area contributed by atoms with Gasteiger partial charge in [0, 0.05) is 24.4 Å². The van der Waals surface area contributed by atoms with E-state index in [-0.39, 0.29) is 12.2 Å². The second-order valence-corrected chi connectivity index (χ2v) is 9.09. The quantitative estimate of drug-likeness (QED) is 0.647. The number of methoxy groups -OCH3 is 2. The van der Waals surface area contributed by atoms with Crippen molar-refractivity contribution < 1.29 is 14.6 Å². The fourth-order valence-electron chi connectivity index (χ4n) is 4.30. The Hall–Kier alpha value is -2.42. The lowest BCUT2D eigenvalue weighted by Crippen LogP contribution is -2.28. The fourth-order valence-corrected chi connectivity index (χ4v) is 5.47. The number of hydrogen-bond acceptors (Lipinski definition) is 7. The molecule has 3 aromatic rings. The van der Waals surface area contributed by atoms with Gasteiger partial charge >= 0.3 is 0 Å². The molecule has 1 saturated carbocycles. The summed E-state index contributed by atoms with van der Waals surface area (Å²) in [7, 11) is 3.40. The average Bonchev–Trinajstić information content (AvgIpc) is 3.37. The molecule has 0 bridgehead atoms. The summed E-state index contributed by atoms with van der Waals surface area (Å²) in [5.41, 5.74) is 2.97. The van der Waals surface area contributed by atoms with Crippen LogP contribution in [0.4, 0.5) is 5.82 Å². The Balaban J connectivity index is 1.44. The van der Waals surface area contributed by atoms with Crippen LogP contribution in [-0.2, 0) is 15.9 Å². The third kappa shape index (κ3) is 3.59. The number of ether oxygens (including phenoxy) is 2. The number of aliphatic hydroxyl groups excluding tert-OH is 1. The van der Waals surface area contributed by atoms with Gasteiger partial charge in [0.2, 0.25) is 0 Å². The maximum Gasteiger partial charge on any atom is 0.154 e. The maximum absolute atomic E-state index is 9.73. The lowest BCUT2D eigenvalue weighted by Gasteiger charge is -2.26. The Morgan fingerprint density at radius 1 is 1.20 bits per heavy atom. The van der Waals surface area contributed by atoms with E-state index in [0.717, 1.165) is 59.9 Å². The van der Waals surface area contributed by atoms with Gasteiger partial charge < -0.3 is 19.9 Å². The number of nitrogens with zero attached hydrogens (tertiary/aromatic N) is 3. The van der Waals surface area contributed by atoms with Gasteiger partial charge in [-0.05, 0) is 55.5 Å². The molecule has 1 unspecified atom stereocenters. The first-order valence-corrected chi connectivity index (χ1v) is 11.2. The average molecular weight is 427 g/mol. The van der Waals surface area contributed by atoms with Crippen LogP contribution in [0.5, 0.6) is 0 Å². The highest BCUT2D eigenvalue weighted by Crippen LogP contribution is 2.37. The van der Waals surface area contributed by atoms with Gasteiger partial charge in [-0.15, -0.1) is 16.4 Å². The summed E-state index contributed by atoms with van der Waals surface area (Å²) < 4.78 is 13.0. The lowest BCUT2D eigenvalue weighted by molar-refractivity contribution is 0.0801. The molecule has 158 valence electrons. The van der Waals surface area contributed by atoms with Crippen molar-refractivity contribution in [2.75, 3.05) is 19.5 Å². The predicted octanol–water partition coefficient (Wildman–Crippen LogP) is 3.73. The number of rotatable bonds is 5. The molecule has 3 heterocycles. The van der Waals surface area contributed by atoms with Crippen molar-refractivity contribution in [2.45, 2.75) is 50.4 Å². The summed E-state index contributed by atoms with van der Waals surface area (Å²) in [6, 6.07) is 6.50. The Morgan fingerprint density at radius 3 is 2.80 bits per heavy atom. The molecule has 0 radical (unpaired) electrons. The van der Waals surface area contributed by atoms with Crippen LogP contribution in [0.1, 0.15) is 36.1 Å². The van der Waals surface area contributed by atoms with Crippen LogP contribution in [-0.4, -0.2) is 52.2 Å². The number of aliphatic hydroxyl groups is 1. The van der Waals surface area contributed by atoms with E-state index in [9.17, 15) is 5.11 Å². The summed E-state index contributed by atoms with van der Waals surface area (Å²) in [5.74, 6) is 1.69. The summed E-state index contributed by atoms with van der Waals surface area (Å²) in [5, 5.41) is 18.1. The minimum Gasteiger partial charge on any atom is -0.498 e. The number of imidazole rings is 1. The molecule has 0 aromatic carbocycles. The summed E-state index contributed by atoms with van der Waals surface area (Å²) in [6.45, 7) is 0. The van der Waals surface area contributed by atoms with Crippen molar-refractivity contribution in [2.24, 2.45) is 0 Å². The monoisotopic (exact) mass is 426 g/mol. The first-order chi connectivity index (χ1) is 14.6. The van der Waals surface area contributed by atoms with Crippen molar-refractivity contribution in [3.8, 4) is 10.6 Å². The van der Waals surface area contributed by atoms with E-state index in [0.29, 0.717) is 6.04 Å². The largest absolute Gasteiger partial charge is 0.498 e. The SMILES string of the molecule is COC1=Cc2cc(-c3cnc4ccc(NC5CCC(O)CC5)nn34)sc2CC1OC. The highest BCUT2D eigenvalue weighted by Gasteiger charge is 2.25. The molecule has 2 aliphatic rings. The number of aromatic nitrogens is 3. The molecule has 8 heteroatoms. The molecule has 2 aliphatic carbocycles. The standard InChI is InChI=1S/C22H26N4O3S/c1-28-17-9-13-10-20(30-19(13)11-18(17)29-2)16-12-23-22-8-7-21(25-26(16)22)24-14-3-5-15(27)6-4-14/h7-10,12,14-15,18,27H,3-6,11H2,1-2H3,(H,24,25). The molecule has 2 N–H and O–H groups in total. The molecule has 7 nitrogen and oxygen atoms in total. The van der Waals surface area contributed by atoms with Crippen LogP contribution >= 0.6 is 11.3 Å². The van der Waals surface area contributed by atoms with Gasteiger partial charge in [0.25, 0.3) is 0 Å². The predicted molar refractivity (Wildman–Crippen MR) is 118 cm³/mol. The Morgan fingerprint density at radius 2 is 2.03 bits per heavy atom. The fraction of sp³-hybridized carbons (Fsp3) is 0.455. The number of fused-ring (bicyclic) bond motifs is 2. The van der Waals surface area contributed by atoms with Crippen molar-refractivity contribution >= 4 is 28.9 Å². The second-order valence-electron chi connectivity index (χ2n) is 7.95. The Labute approximate surface area is 179 Å². The van der Waals surface area contributed by atoms with Crippen LogP contribution in [0.25, 0.3) is 22.3 Å². The zero-order valence-corrected chi connectivity index (χ0v) is 18.0. The van der Waals surface area contributed by atoms with Crippen molar-refractivity contribution in [3.05, 3.63) is 40.6 Å². The third-order valence-corrected chi connectivity index (χ3v) is 7.21. The second kappa shape index (κ2) is 8.02. The Kier molecular flexibility index (Phi) is 5.22. The summed E-state index contributed by atoms with van der Waals surface area (Å²) in [6.07, 6.45) is 8.17. The van der Waals surface area contributed by atoms with E-state index in [2.05, 4.69) is 22.4 Å². The van der Waals surface area contributed by atoms with Crippen molar-refractivity contribution in [1.82, 2.24) is 14.6 Å². The molecule has 0 saturated heterocycles. The molecule has 1 atom stereocenters. The molecule has 0 aliphatic heterocycles. The van der Waals surface area contributed by atoms with Gasteiger partial charge in [-0.2, -0.15) is 0 Å². The summed E-state index contributed by atoms with van der Waals surface area (Å²) >= 11 is 1.75. The van der Waals surface area contributed by atoms with Gasteiger partial charge in [0.15, 0.2) is 5.65 Å². The van der Waals surface area contributed by atoms with Gasteiger partial charge in [-0.1, -0.05) is 0 Å². The highest BCUT2D eigenvalue weighted by molar-refractivity contribution is 7.15. The highest BCUT2D eigenvalue weighted by atomic mass is 32.1. The van der Waals surface area contributed by atoms with Gasteiger partial charge in [-0.3, -0.25) is 0 Å². The van der Waals surface area contributed by atoms with Crippen LogP contribution in [0.2, 0.25) is 0 Å². The van der Waals surface area contributed by atoms with Crippen molar-refractivity contribution in [1.29, 1.82) is 0 Å². The number of hydrogen-bond donors (Lipinski definition) is 2. The van der Waals surface area contributed by atoms with E-state index < -0.39 is 0 Å². The molecule has 3 aromatic heterocycles. The minimum atomic E-state index is -0.158. The van der Waals surface area contributed by atoms with Gasteiger partial charge in [0.05, 0.1) is 24.3 Å². The molecule has 0 amide bonds. The molecule has 30 heavy (non-hydrogen) atoms. The van der Waals surface area contributed by atoms with E-state index in [1.165, 1.54) is 10.4 Å². The maximum atomic E-state index is 9.73. The molecule has 5 rings (SSSR count). The minimum absolute atomic E-state index is 0.0425. The first kappa shape index (κ1) is 19.5. The first-order valence-electron chi connectivity index (χ1n) is 10.4. The van der Waals surface area contributed by atoms with Crippen LogP contribution in [0, 0.1) is 0 Å². The number of anilines is 1. The van der Waals surface area contributed by atoms with Gasteiger partial charge in [0.1, 0.15) is 23.4 Å². The van der Waals surface area contributed by atoms with E-state index >= 15 is 0 Å². The summed E-state index contributed by atoms with van der Waals surface area (Å²) in [4.78, 5) is 6.95. The molecular formula is C22H26N4O3S. The van der Waals surface area contributed by atoms with E-state index in [1.54, 1.807) is 25.6 Å². The number of thiophene rings is 1. The normalized spacial score (nSPS) is 23.8. The lowest BCUT2D eigenvalue weighted by atomic mass is 9.93.